The fourth-order valence-electron chi connectivity index (χ4n) is 3.98. The van der Waals surface area contributed by atoms with Gasteiger partial charge in [-0.2, -0.15) is 0 Å². The van der Waals surface area contributed by atoms with Crippen molar-refractivity contribution >= 4 is 5.91 Å². The molecule has 2 unspecified atom stereocenters. The first kappa shape index (κ1) is 29.4. The Balaban J connectivity index is 3.45. The van der Waals surface area contributed by atoms with Crippen molar-refractivity contribution in [2.24, 2.45) is 0 Å². The summed E-state index contributed by atoms with van der Waals surface area (Å²) in [5.74, 6) is -0.0991. The van der Waals surface area contributed by atoms with Crippen LogP contribution < -0.4 is 5.32 Å². The number of rotatable bonds is 23. The Morgan fingerprint density at radius 1 is 0.633 bits per heavy atom. The van der Waals surface area contributed by atoms with Gasteiger partial charge in [0.05, 0.1) is 6.10 Å². The van der Waals surface area contributed by atoms with Crippen molar-refractivity contribution in [3.63, 3.8) is 0 Å². The van der Waals surface area contributed by atoms with E-state index in [0.29, 0.717) is 12.8 Å². The standard InChI is InChI=1S/C26H53NO3/c1-3-5-7-9-11-12-13-14-16-17-19-21-24(28)23-26(30)27-25(29)22-20-18-15-10-8-6-4-2/h24,26,28,30H,3-23H2,1-2H3,(H,27,29). The molecule has 4 heteroatoms. The molecule has 0 aliphatic heterocycles. The van der Waals surface area contributed by atoms with Gasteiger partial charge in [-0.05, 0) is 12.8 Å². The Morgan fingerprint density at radius 3 is 1.50 bits per heavy atom. The Morgan fingerprint density at radius 2 is 1.03 bits per heavy atom. The highest BCUT2D eigenvalue weighted by Crippen LogP contribution is 2.14. The summed E-state index contributed by atoms with van der Waals surface area (Å²) in [5, 5.41) is 22.7. The highest BCUT2D eigenvalue weighted by Gasteiger charge is 2.14. The first-order valence-electron chi connectivity index (χ1n) is 13.3. The lowest BCUT2D eigenvalue weighted by Crippen LogP contribution is -2.37. The zero-order valence-electron chi connectivity index (χ0n) is 20.3. The molecule has 0 radical (unpaired) electrons. The van der Waals surface area contributed by atoms with Gasteiger partial charge in [-0.25, -0.2) is 0 Å². The molecule has 0 aliphatic rings. The summed E-state index contributed by atoms with van der Waals surface area (Å²) < 4.78 is 0. The zero-order chi connectivity index (χ0) is 22.3. The van der Waals surface area contributed by atoms with Crippen LogP contribution >= 0.6 is 0 Å². The molecule has 2 atom stereocenters. The first-order chi connectivity index (χ1) is 14.6. The summed E-state index contributed by atoms with van der Waals surface area (Å²) in [5.41, 5.74) is 0. The Hall–Kier alpha value is -0.610. The predicted molar refractivity (Wildman–Crippen MR) is 128 cm³/mol. The Labute approximate surface area is 187 Å². The SMILES string of the molecule is CCCCCCCCCCCCCC(O)CC(O)NC(=O)CCCCCCCCC. The van der Waals surface area contributed by atoms with Crippen LogP contribution in [0.4, 0.5) is 0 Å². The molecule has 0 rings (SSSR count). The molecule has 0 heterocycles. The van der Waals surface area contributed by atoms with Crippen molar-refractivity contribution in [2.75, 3.05) is 0 Å². The maximum absolute atomic E-state index is 11.9. The molecule has 4 nitrogen and oxygen atoms in total. The van der Waals surface area contributed by atoms with Crippen LogP contribution in [-0.2, 0) is 4.79 Å². The van der Waals surface area contributed by atoms with Gasteiger partial charge < -0.3 is 15.5 Å². The third-order valence-electron chi connectivity index (χ3n) is 5.97. The molecule has 0 bridgehead atoms. The fourth-order valence-corrected chi connectivity index (χ4v) is 3.98. The average Bonchev–Trinajstić information content (AvgIpc) is 2.71. The van der Waals surface area contributed by atoms with Crippen LogP contribution in [0.3, 0.4) is 0 Å². The van der Waals surface area contributed by atoms with Crippen molar-refractivity contribution in [1.29, 1.82) is 0 Å². The van der Waals surface area contributed by atoms with E-state index in [4.69, 9.17) is 0 Å². The van der Waals surface area contributed by atoms with Gasteiger partial charge in [0.15, 0.2) is 0 Å². The molecule has 1 amide bonds. The highest BCUT2D eigenvalue weighted by atomic mass is 16.3. The van der Waals surface area contributed by atoms with E-state index in [1.807, 2.05) is 0 Å². The number of nitrogens with one attached hydrogen (secondary N) is 1. The molecule has 0 fully saturated rings. The van der Waals surface area contributed by atoms with Crippen molar-refractivity contribution < 1.29 is 15.0 Å². The normalized spacial score (nSPS) is 13.3. The van der Waals surface area contributed by atoms with Crippen LogP contribution in [0.15, 0.2) is 0 Å². The van der Waals surface area contributed by atoms with Crippen LogP contribution in [0.25, 0.3) is 0 Å². The van der Waals surface area contributed by atoms with Gasteiger partial charge in [0, 0.05) is 12.8 Å². The number of hydrogen-bond acceptors (Lipinski definition) is 3. The summed E-state index contributed by atoms with van der Waals surface area (Å²) in [6, 6.07) is 0. The van der Waals surface area contributed by atoms with Gasteiger partial charge in [-0.3, -0.25) is 4.79 Å². The van der Waals surface area contributed by atoms with Crippen molar-refractivity contribution in [1.82, 2.24) is 5.32 Å². The summed E-state index contributed by atoms with van der Waals surface area (Å²) in [7, 11) is 0. The minimum Gasteiger partial charge on any atom is -0.393 e. The summed E-state index contributed by atoms with van der Waals surface area (Å²) in [6.07, 6.45) is 22.4. The molecule has 0 aliphatic carbocycles. The lowest BCUT2D eigenvalue weighted by Gasteiger charge is -2.17. The van der Waals surface area contributed by atoms with Crippen molar-refractivity contribution in [3.05, 3.63) is 0 Å². The quantitative estimate of drug-likeness (QED) is 0.121. The summed E-state index contributed by atoms with van der Waals surface area (Å²) in [6.45, 7) is 4.47. The average molecular weight is 428 g/mol. The Bertz CT molecular complexity index is 362. The Kier molecular flexibility index (Phi) is 22.6. The molecule has 3 N–H and O–H groups in total. The minimum absolute atomic E-state index is 0.0991. The topological polar surface area (TPSA) is 69.6 Å². The number of hydrogen-bond donors (Lipinski definition) is 3. The first-order valence-corrected chi connectivity index (χ1v) is 13.3. The van der Waals surface area contributed by atoms with E-state index in [1.54, 1.807) is 0 Å². The number of aliphatic hydroxyl groups is 2. The van der Waals surface area contributed by atoms with Crippen LogP contribution in [0.1, 0.15) is 149 Å². The number of aliphatic hydroxyl groups excluding tert-OH is 2. The maximum Gasteiger partial charge on any atom is 0.221 e. The summed E-state index contributed by atoms with van der Waals surface area (Å²) >= 11 is 0. The van der Waals surface area contributed by atoms with E-state index < -0.39 is 12.3 Å². The third-order valence-corrected chi connectivity index (χ3v) is 5.97. The number of carbonyl (C=O) groups is 1. The highest BCUT2D eigenvalue weighted by molar-refractivity contribution is 5.75. The van der Waals surface area contributed by atoms with Crippen LogP contribution in [0, 0.1) is 0 Å². The van der Waals surface area contributed by atoms with Crippen LogP contribution in [0.2, 0.25) is 0 Å². The van der Waals surface area contributed by atoms with Crippen LogP contribution in [-0.4, -0.2) is 28.5 Å². The molecular formula is C26H53NO3. The van der Waals surface area contributed by atoms with E-state index in [1.165, 1.54) is 89.9 Å². The van der Waals surface area contributed by atoms with Crippen molar-refractivity contribution in [3.8, 4) is 0 Å². The lowest BCUT2D eigenvalue weighted by atomic mass is 10.0. The molecular weight excluding hydrogens is 374 g/mol. The van der Waals surface area contributed by atoms with E-state index in [-0.39, 0.29) is 12.3 Å². The van der Waals surface area contributed by atoms with Gasteiger partial charge in [0.2, 0.25) is 5.91 Å². The number of unbranched alkanes of at least 4 members (excludes halogenated alkanes) is 16. The van der Waals surface area contributed by atoms with E-state index >= 15 is 0 Å². The monoisotopic (exact) mass is 427 g/mol. The van der Waals surface area contributed by atoms with E-state index in [0.717, 1.165) is 25.7 Å². The maximum atomic E-state index is 11.9. The lowest BCUT2D eigenvalue weighted by molar-refractivity contribution is -0.124. The van der Waals surface area contributed by atoms with Gasteiger partial charge >= 0.3 is 0 Å². The predicted octanol–water partition coefficient (Wildman–Crippen LogP) is 7.01. The second-order valence-electron chi connectivity index (χ2n) is 9.17. The summed E-state index contributed by atoms with van der Waals surface area (Å²) in [4.78, 5) is 11.9. The molecule has 0 saturated heterocycles. The van der Waals surface area contributed by atoms with Gasteiger partial charge in [-0.15, -0.1) is 0 Å². The van der Waals surface area contributed by atoms with E-state index in [2.05, 4.69) is 19.2 Å². The second-order valence-corrected chi connectivity index (χ2v) is 9.17. The van der Waals surface area contributed by atoms with Gasteiger partial charge in [-0.1, -0.05) is 123 Å². The molecule has 0 spiro atoms. The molecule has 0 aromatic carbocycles. The molecule has 0 aromatic heterocycles. The smallest absolute Gasteiger partial charge is 0.221 e. The molecule has 180 valence electrons. The number of amides is 1. The molecule has 0 saturated carbocycles. The van der Waals surface area contributed by atoms with Gasteiger partial charge in [0.1, 0.15) is 6.23 Å². The van der Waals surface area contributed by atoms with E-state index in [9.17, 15) is 15.0 Å². The van der Waals surface area contributed by atoms with Gasteiger partial charge in [0.25, 0.3) is 0 Å². The zero-order valence-corrected chi connectivity index (χ0v) is 20.3. The van der Waals surface area contributed by atoms with Crippen molar-refractivity contribution in [2.45, 2.75) is 161 Å². The van der Waals surface area contributed by atoms with Crippen LogP contribution in [0.5, 0.6) is 0 Å². The number of carbonyl (C=O) groups excluding carboxylic acids is 1. The third kappa shape index (κ3) is 22.1. The molecule has 30 heavy (non-hydrogen) atoms. The largest absolute Gasteiger partial charge is 0.393 e. The molecule has 0 aromatic rings. The second kappa shape index (κ2) is 23.1. The fraction of sp³-hybridized carbons (Fsp3) is 0.962. The minimum atomic E-state index is -0.926.